The van der Waals surface area contributed by atoms with Crippen LogP contribution in [0.15, 0.2) is 71.4 Å². The van der Waals surface area contributed by atoms with Crippen LogP contribution in [0.4, 0.5) is 10.1 Å². The predicted octanol–water partition coefficient (Wildman–Crippen LogP) is 4.53. The molecule has 2 aromatic carbocycles. The van der Waals surface area contributed by atoms with Gasteiger partial charge >= 0.3 is 0 Å². The van der Waals surface area contributed by atoms with Gasteiger partial charge in [0.25, 0.3) is 5.91 Å². The smallest absolute Gasteiger partial charge is 0.256 e. The molecule has 2 aromatic rings. The van der Waals surface area contributed by atoms with Gasteiger partial charge in [0.05, 0.1) is 17.5 Å². The van der Waals surface area contributed by atoms with Gasteiger partial charge < -0.3 is 10.1 Å². The maximum atomic E-state index is 14.6. The summed E-state index contributed by atoms with van der Waals surface area (Å²) in [6.45, 7) is 3.70. The van der Waals surface area contributed by atoms with E-state index in [4.69, 9.17) is 9.73 Å². The summed E-state index contributed by atoms with van der Waals surface area (Å²) in [7, 11) is 0. The van der Waals surface area contributed by atoms with Gasteiger partial charge in [0.15, 0.2) is 0 Å². The Labute approximate surface area is 187 Å². The van der Waals surface area contributed by atoms with E-state index in [-0.39, 0.29) is 17.0 Å². The van der Waals surface area contributed by atoms with Crippen molar-refractivity contribution in [1.82, 2.24) is 4.90 Å². The molecule has 1 unspecified atom stereocenters. The van der Waals surface area contributed by atoms with Gasteiger partial charge in [-0.2, -0.15) is 0 Å². The van der Waals surface area contributed by atoms with E-state index in [0.717, 1.165) is 25.2 Å². The minimum Gasteiger partial charge on any atom is -0.491 e. The first-order chi connectivity index (χ1) is 15.6. The molecular formula is C26H26FN3O2. The lowest BCUT2D eigenvalue weighted by Gasteiger charge is -2.26. The van der Waals surface area contributed by atoms with Crippen LogP contribution in [0.5, 0.6) is 0 Å². The third kappa shape index (κ3) is 3.98. The van der Waals surface area contributed by atoms with Crippen LogP contribution in [0.2, 0.25) is 0 Å². The molecule has 0 aromatic heterocycles. The van der Waals surface area contributed by atoms with Crippen molar-refractivity contribution in [3.8, 4) is 0 Å². The van der Waals surface area contributed by atoms with Gasteiger partial charge in [-0.1, -0.05) is 42.8 Å². The van der Waals surface area contributed by atoms with E-state index >= 15 is 0 Å². The number of halogens is 1. The van der Waals surface area contributed by atoms with Crippen molar-refractivity contribution in [3.63, 3.8) is 0 Å². The highest BCUT2D eigenvalue weighted by Crippen LogP contribution is 2.41. The third-order valence-electron chi connectivity index (χ3n) is 6.27. The zero-order valence-electron chi connectivity index (χ0n) is 17.9. The van der Waals surface area contributed by atoms with Gasteiger partial charge in [0.1, 0.15) is 23.7 Å². The van der Waals surface area contributed by atoms with Crippen LogP contribution in [0.3, 0.4) is 0 Å². The Hall–Kier alpha value is -3.25. The summed E-state index contributed by atoms with van der Waals surface area (Å²) >= 11 is 0. The fraction of sp³-hybridized carbons (Fsp3) is 0.308. The Balaban J connectivity index is 1.45. The second kappa shape index (κ2) is 8.71. The molecule has 0 bridgehead atoms. The number of benzene rings is 2. The van der Waals surface area contributed by atoms with Gasteiger partial charge in [0, 0.05) is 12.1 Å². The molecule has 1 N–H and O–H groups in total. The number of fused-ring (bicyclic) bond motifs is 1. The maximum Gasteiger partial charge on any atom is 0.256 e. The Morgan fingerprint density at radius 1 is 1.09 bits per heavy atom. The lowest BCUT2D eigenvalue weighted by molar-refractivity contribution is -0.110. The fourth-order valence-electron chi connectivity index (χ4n) is 4.60. The summed E-state index contributed by atoms with van der Waals surface area (Å²) in [6, 6.07) is 14.4. The van der Waals surface area contributed by atoms with Crippen LogP contribution in [0.25, 0.3) is 5.57 Å². The Morgan fingerprint density at radius 2 is 1.91 bits per heavy atom. The van der Waals surface area contributed by atoms with Crippen LogP contribution < -0.4 is 5.32 Å². The largest absolute Gasteiger partial charge is 0.491 e. The maximum absolute atomic E-state index is 14.6. The molecular weight excluding hydrogens is 405 g/mol. The number of rotatable bonds is 6. The number of piperidine rings is 1. The van der Waals surface area contributed by atoms with Crippen LogP contribution in [0.1, 0.15) is 30.4 Å². The summed E-state index contributed by atoms with van der Waals surface area (Å²) in [4.78, 5) is 19.9. The van der Waals surface area contributed by atoms with Gasteiger partial charge in [-0.3, -0.25) is 14.7 Å². The zero-order valence-corrected chi connectivity index (χ0v) is 17.9. The molecule has 0 radical (unpaired) electrons. The minimum atomic E-state index is -0.932. The first-order valence-electron chi connectivity index (χ1n) is 11.2. The molecule has 32 heavy (non-hydrogen) atoms. The molecule has 6 heteroatoms. The van der Waals surface area contributed by atoms with Crippen molar-refractivity contribution in [3.05, 3.63) is 83.4 Å². The number of nitrogens with zero attached hydrogens (tertiary/aromatic N) is 2. The molecule has 3 aliphatic heterocycles. The quantitative estimate of drug-likeness (QED) is 0.684. The number of allylic oxidation sites excluding steroid dienone is 1. The lowest BCUT2D eigenvalue weighted by atomic mass is 9.87. The summed E-state index contributed by atoms with van der Waals surface area (Å²) in [5.74, 6) is -0.0994. The Morgan fingerprint density at radius 3 is 2.72 bits per heavy atom. The highest BCUT2D eigenvalue weighted by molar-refractivity contribution is 6.31. The molecule has 0 spiro atoms. The first kappa shape index (κ1) is 20.6. The number of carbonyl (C=O) groups excluding carboxylic acids is 1. The van der Waals surface area contributed by atoms with Crippen molar-refractivity contribution < 1.29 is 13.9 Å². The Kier molecular flexibility index (Phi) is 5.62. The van der Waals surface area contributed by atoms with Crippen molar-refractivity contribution >= 4 is 23.4 Å². The highest BCUT2D eigenvalue weighted by atomic mass is 19.1. The molecule has 1 fully saturated rings. The summed E-state index contributed by atoms with van der Waals surface area (Å²) < 4.78 is 20.7. The van der Waals surface area contributed by atoms with E-state index in [1.165, 1.54) is 25.3 Å². The normalized spacial score (nSPS) is 23.8. The number of nitrogens with one attached hydrogen (secondary N) is 1. The number of ether oxygens (including phenoxy) is 1. The minimum absolute atomic E-state index is 0.282. The molecule has 164 valence electrons. The predicted molar refractivity (Wildman–Crippen MR) is 124 cm³/mol. The molecule has 1 amide bonds. The molecule has 1 saturated heterocycles. The number of hydrogen-bond donors (Lipinski definition) is 1. The van der Waals surface area contributed by atoms with Crippen LogP contribution in [0, 0.1) is 5.82 Å². The van der Waals surface area contributed by atoms with Crippen molar-refractivity contribution in [2.45, 2.75) is 24.8 Å². The summed E-state index contributed by atoms with van der Waals surface area (Å²) in [6.07, 6.45) is 9.15. The molecule has 3 heterocycles. The standard InChI is InChI=1S/C26H26FN3O2/c27-22-10-7-11-23-24(22)21(25(31)29-23)17-26(19-8-3-1-4-9-19)16-20(18-28-26)32-15-14-30-12-5-2-6-13-30/h1,3-4,7-11,16-18H,2,5-6,12-15H2,(H,29,31). The molecule has 0 saturated carbocycles. The number of hydrogen-bond acceptors (Lipinski definition) is 4. The third-order valence-corrected chi connectivity index (χ3v) is 6.27. The van der Waals surface area contributed by atoms with Gasteiger partial charge in [0.2, 0.25) is 0 Å². The monoisotopic (exact) mass is 431 g/mol. The molecule has 0 aliphatic carbocycles. The summed E-state index contributed by atoms with van der Waals surface area (Å²) in [5, 5.41) is 2.76. The van der Waals surface area contributed by atoms with E-state index in [9.17, 15) is 9.18 Å². The van der Waals surface area contributed by atoms with E-state index in [1.807, 2.05) is 36.4 Å². The van der Waals surface area contributed by atoms with Crippen molar-refractivity contribution in [2.75, 3.05) is 31.6 Å². The molecule has 5 nitrogen and oxygen atoms in total. The average molecular weight is 432 g/mol. The van der Waals surface area contributed by atoms with Gasteiger partial charge in [-0.25, -0.2) is 4.39 Å². The fourth-order valence-corrected chi connectivity index (χ4v) is 4.60. The van der Waals surface area contributed by atoms with E-state index in [2.05, 4.69) is 10.2 Å². The zero-order chi connectivity index (χ0) is 22.0. The van der Waals surface area contributed by atoms with E-state index in [1.54, 1.807) is 24.4 Å². The van der Waals surface area contributed by atoms with Crippen LogP contribution in [-0.4, -0.2) is 43.3 Å². The second-order valence-corrected chi connectivity index (χ2v) is 8.42. The average Bonchev–Trinajstić information content (AvgIpc) is 3.37. The Bertz CT molecular complexity index is 1100. The number of anilines is 1. The second-order valence-electron chi connectivity index (χ2n) is 8.42. The number of amides is 1. The van der Waals surface area contributed by atoms with Crippen molar-refractivity contribution in [2.24, 2.45) is 4.99 Å². The van der Waals surface area contributed by atoms with E-state index in [0.29, 0.717) is 18.1 Å². The first-order valence-corrected chi connectivity index (χ1v) is 11.2. The number of carbonyl (C=O) groups is 1. The number of aliphatic imine (C=N–C) groups is 1. The summed E-state index contributed by atoms with van der Waals surface area (Å²) in [5.41, 5.74) is 1.00. The SMILES string of the molecule is O=C1Nc2cccc(F)c2C1=CC1(c2ccccc2)C=C(OCCN2CCCCC2)C=N1. The molecule has 5 rings (SSSR count). The van der Waals surface area contributed by atoms with Crippen molar-refractivity contribution in [1.29, 1.82) is 0 Å². The number of likely N-dealkylation sites (tertiary alicyclic amines) is 1. The van der Waals surface area contributed by atoms with E-state index < -0.39 is 11.4 Å². The highest BCUT2D eigenvalue weighted by Gasteiger charge is 2.36. The van der Waals surface area contributed by atoms with Gasteiger partial charge in [-0.05, 0) is 55.8 Å². The van der Waals surface area contributed by atoms with Crippen LogP contribution >= 0.6 is 0 Å². The molecule has 3 aliphatic rings. The topological polar surface area (TPSA) is 53.9 Å². The molecule has 1 atom stereocenters. The van der Waals surface area contributed by atoms with Gasteiger partial charge in [-0.15, -0.1) is 0 Å². The lowest BCUT2D eigenvalue weighted by Crippen LogP contribution is -2.32. The van der Waals surface area contributed by atoms with Crippen LogP contribution in [-0.2, 0) is 15.1 Å².